The van der Waals surface area contributed by atoms with Crippen molar-refractivity contribution >= 4 is 5.84 Å². The Bertz CT molecular complexity index is 156. The topological polar surface area (TPSA) is 16.8 Å². The van der Waals surface area contributed by atoms with Crippen molar-refractivity contribution in [2.75, 3.05) is 0 Å². The highest BCUT2D eigenvalue weighted by Crippen LogP contribution is 1.94. The van der Waals surface area contributed by atoms with Crippen LogP contribution in [0, 0.1) is 13.0 Å². The van der Waals surface area contributed by atoms with Crippen molar-refractivity contribution in [3.63, 3.8) is 0 Å². The van der Waals surface area contributed by atoms with Gasteiger partial charge in [-0.05, 0) is 0 Å². The zero-order valence-electron chi connectivity index (χ0n) is 5.89. The summed E-state index contributed by atoms with van der Waals surface area (Å²) < 4.78 is 0. The predicted octanol–water partition coefficient (Wildman–Crippen LogP) is 0.202. The van der Waals surface area contributed by atoms with Gasteiger partial charge in [0, 0.05) is 5.92 Å². The number of nitrogens with zero attached hydrogens (tertiary/aromatic N) is 1. The van der Waals surface area contributed by atoms with E-state index in [0.717, 1.165) is 10.7 Å². The first-order valence-corrected chi connectivity index (χ1v) is 3.15. The van der Waals surface area contributed by atoms with Gasteiger partial charge in [-0.1, -0.05) is 13.8 Å². The molecule has 1 aliphatic rings. The SMILES string of the molecule is [CH2-][NH+]1C=CN=C1C(C)C. The van der Waals surface area contributed by atoms with Gasteiger partial charge in [0.05, 0.1) is 12.4 Å². The van der Waals surface area contributed by atoms with Gasteiger partial charge in [-0.3, -0.25) is 0 Å². The zero-order valence-corrected chi connectivity index (χ0v) is 5.89. The molecule has 0 bridgehead atoms. The van der Waals surface area contributed by atoms with E-state index in [1.165, 1.54) is 0 Å². The number of amidine groups is 1. The molecule has 0 spiro atoms. The van der Waals surface area contributed by atoms with Crippen LogP contribution in [0.4, 0.5) is 0 Å². The van der Waals surface area contributed by atoms with E-state index in [4.69, 9.17) is 0 Å². The first kappa shape index (κ1) is 6.49. The summed E-state index contributed by atoms with van der Waals surface area (Å²) in [4.78, 5) is 5.21. The summed E-state index contributed by atoms with van der Waals surface area (Å²) >= 11 is 0. The molecule has 0 saturated heterocycles. The Morgan fingerprint density at radius 2 is 2.33 bits per heavy atom. The highest BCUT2D eigenvalue weighted by atomic mass is 15.2. The molecular weight excluding hydrogens is 112 g/mol. The van der Waals surface area contributed by atoms with Crippen molar-refractivity contribution in [3.8, 4) is 0 Å². The number of aliphatic imine (C=N–C) groups is 1. The molecule has 1 aliphatic heterocycles. The molecule has 1 atom stereocenters. The Labute approximate surface area is 55.9 Å². The molecule has 2 nitrogen and oxygen atoms in total. The Balaban J connectivity index is 2.64. The van der Waals surface area contributed by atoms with Gasteiger partial charge >= 0.3 is 0 Å². The largest absolute Gasteiger partial charge is 0.394 e. The van der Waals surface area contributed by atoms with Crippen molar-refractivity contribution in [2.45, 2.75) is 13.8 Å². The third-order valence-electron chi connectivity index (χ3n) is 1.37. The predicted molar refractivity (Wildman–Crippen MR) is 37.7 cm³/mol. The Hall–Kier alpha value is -0.630. The van der Waals surface area contributed by atoms with E-state index in [1.54, 1.807) is 6.20 Å². The van der Waals surface area contributed by atoms with Crippen LogP contribution in [0.25, 0.3) is 0 Å². The quantitative estimate of drug-likeness (QED) is 0.481. The molecule has 2 heteroatoms. The van der Waals surface area contributed by atoms with Crippen LogP contribution in [-0.4, -0.2) is 5.84 Å². The number of nitrogens with one attached hydrogen (secondary N) is 1. The summed E-state index contributed by atoms with van der Waals surface area (Å²) in [5, 5.41) is 0. The van der Waals surface area contributed by atoms with Crippen molar-refractivity contribution < 1.29 is 4.90 Å². The maximum atomic E-state index is 4.15. The van der Waals surface area contributed by atoms with Gasteiger partial charge < -0.3 is 4.90 Å². The summed E-state index contributed by atoms with van der Waals surface area (Å²) in [5.74, 6) is 1.63. The van der Waals surface area contributed by atoms with Gasteiger partial charge in [0.25, 0.3) is 0 Å². The van der Waals surface area contributed by atoms with E-state index in [2.05, 4.69) is 25.9 Å². The molecule has 1 unspecified atom stereocenters. The second-order valence-corrected chi connectivity index (χ2v) is 2.51. The first-order valence-electron chi connectivity index (χ1n) is 3.15. The molecule has 9 heavy (non-hydrogen) atoms. The molecule has 0 amide bonds. The van der Waals surface area contributed by atoms with Crippen molar-refractivity contribution in [1.29, 1.82) is 0 Å². The van der Waals surface area contributed by atoms with Crippen LogP contribution < -0.4 is 4.90 Å². The van der Waals surface area contributed by atoms with Gasteiger partial charge in [0.15, 0.2) is 5.84 Å². The van der Waals surface area contributed by atoms with Crippen LogP contribution in [0.2, 0.25) is 0 Å². The monoisotopic (exact) mass is 124 g/mol. The third kappa shape index (κ3) is 1.19. The fourth-order valence-corrected chi connectivity index (χ4v) is 0.896. The molecular formula is C7H12N2. The fraction of sp³-hybridized carbons (Fsp3) is 0.429. The second kappa shape index (κ2) is 2.31. The lowest BCUT2D eigenvalue weighted by Gasteiger charge is -2.14. The Morgan fingerprint density at radius 1 is 1.67 bits per heavy atom. The van der Waals surface area contributed by atoms with E-state index < -0.39 is 0 Å². The number of rotatable bonds is 1. The molecule has 0 fully saturated rings. The standard InChI is InChI=1S/C7H12N2/c1-6(2)7-8-4-5-9(7)3/h4-6,9H,3H2,1-2H3. The summed E-state index contributed by atoms with van der Waals surface area (Å²) in [7, 11) is 3.84. The molecule has 1 rings (SSSR count). The van der Waals surface area contributed by atoms with Crippen LogP contribution in [-0.2, 0) is 0 Å². The Kier molecular flexibility index (Phi) is 1.67. The molecule has 1 N–H and O–H groups in total. The van der Waals surface area contributed by atoms with E-state index in [-0.39, 0.29) is 0 Å². The van der Waals surface area contributed by atoms with E-state index in [9.17, 15) is 0 Å². The van der Waals surface area contributed by atoms with Crippen molar-refractivity contribution in [3.05, 3.63) is 19.4 Å². The minimum absolute atomic E-state index is 0.507. The summed E-state index contributed by atoms with van der Waals surface area (Å²) in [5.41, 5.74) is 0. The normalized spacial score (nSPS) is 25.3. The molecule has 0 saturated carbocycles. The number of hydrogen-bond acceptors (Lipinski definition) is 1. The molecule has 0 aliphatic carbocycles. The number of quaternary nitrogens is 1. The first-order chi connectivity index (χ1) is 4.22. The van der Waals surface area contributed by atoms with Crippen LogP contribution in [0.15, 0.2) is 17.4 Å². The molecule has 0 radical (unpaired) electrons. The highest BCUT2D eigenvalue weighted by Gasteiger charge is 2.12. The summed E-state index contributed by atoms with van der Waals surface area (Å²) in [6, 6.07) is 0. The van der Waals surface area contributed by atoms with Crippen LogP contribution in [0.1, 0.15) is 13.8 Å². The van der Waals surface area contributed by atoms with E-state index >= 15 is 0 Å². The van der Waals surface area contributed by atoms with Gasteiger partial charge in [-0.15, -0.1) is 7.05 Å². The highest BCUT2D eigenvalue weighted by molar-refractivity contribution is 5.77. The lowest BCUT2D eigenvalue weighted by Crippen LogP contribution is -3.04. The van der Waals surface area contributed by atoms with Crippen LogP contribution in [0.3, 0.4) is 0 Å². The molecule has 1 heterocycles. The third-order valence-corrected chi connectivity index (χ3v) is 1.37. The molecule has 0 aromatic rings. The van der Waals surface area contributed by atoms with Crippen LogP contribution in [0.5, 0.6) is 0 Å². The number of hydrogen-bond donors (Lipinski definition) is 1. The summed E-state index contributed by atoms with van der Waals surface area (Å²) in [6.45, 7) is 4.24. The lowest BCUT2D eigenvalue weighted by molar-refractivity contribution is -0.690. The van der Waals surface area contributed by atoms with Crippen molar-refractivity contribution in [2.24, 2.45) is 10.9 Å². The van der Waals surface area contributed by atoms with Crippen molar-refractivity contribution in [1.82, 2.24) is 0 Å². The summed E-state index contributed by atoms with van der Waals surface area (Å²) in [6.07, 6.45) is 3.74. The average molecular weight is 124 g/mol. The zero-order chi connectivity index (χ0) is 6.85. The minimum atomic E-state index is 0.507. The van der Waals surface area contributed by atoms with Gasteiger partial charge in [-0.25, -0.2) is 4.99 Å². The molecule has 50 valence electrons. The van der Waals surface area contributed by atoms with E-state index in [1.807, 2.05) is 6.20 Å². The maximum Gasteiger partial charge on any atom is 0.181 e. The fourth-order valence-electron chi connectivity index (χ4n) is 0.896. The molecule has 0 aromatic carbocycles. The lowest BCUT2D eigenvalue weighted by atomic mass is 10.2. The second-order valence-electron chi connectivity index (χ2n) is 2.51. The van der Waals surface area contributed by atoms with E-state index in [0.29, 0.717) is 5.92 Å². The molecule has 0 aromatic heterocycles. The smallest absolute Gasteiger partial charge is 0.181 e. The average Bonchev–Trinajstić information content (AvgIpc) is 2.13. The van der Waals surface area contributed by atoms with Gasteiger partial charge in [0.1, 0.15) is 0 Å². The minimum Gasteiger partial charge on any atom is -0.394 e. The maximum absolute atomic E-state index is 4.15. The van der Waals surface area contributed by atoms with Crippen LogP contribution >= 0.6 is 0 Å². The Morgan fingerprint density at radius 3 is 2.56 bits per heavy atom. The van der Waals surface area contributed by atoms with Gasteiger partial charge in [0.2, 0.25) is 0 Å². The van der Waals surface area contributed by atoms with Gasteiger partial charge in [-0.2, -0.15) is 0 Å².